The first-order chi connectivity index (χ1) is 7.68. The Kier molecular flexibility index (Phi) is 3.51. The van der Waals surface area contributed by atoms with Crippen LogP contribution in [0.1, 0.15) is 11.1 Å². The number of carbonyl (C=O) groups is 1. The van der Waals surface area contributed by atoms with Gasteiger partial charge in [-0.15, -0.1) is 11.8 Å². The van der Waals surface area contributed by atoms with E-state index in [1.165, 1.54) is 5.56 Å². The molecule has 0 bridgehead atoms. The molecule has 4 heteroatoms. The van der Waals surface area contributed by atoms with Crippen molar-refractivity contribution in [3.05, 3.63) is 29.3 Å². The van der Waals surface area contributed by atoms with Gasteiger partial charge in [0.25, 0.3) is 0 Å². The Labute approximate surface area is 100.0 Å². The average Bonchev–Trinajstić information content (AvgIpc) is 2.78. The van der Waals surface area contributed by atoms with Crippen molar-refractivity contribution >= 4 is 23.4 Å². The third-order valence-electron chi connectivity index (χ3n) is 2.90. The number of hydrogen-bond acceptors (Lipinski definition) is 3. The number of rotatable bonds is 2. The molecule has 0 aromatic heterocycles. The summed E-state index contributed by atoms with van der Waals surface area (Å²) in [6.07, 6.45) is 0. The van der Waals surface area contributed by atoms with Crippen LogP contribution in [0.4, 0.5) is 5.69 Å². The van der Waals surface area contributed by atoms with E-state index in [2.05, 4.69) is 23.6 Å². The quantitative estimate of drug-likeness (QED) is 0.824. The number of thioether (sulfide) groups is 1. The second-order valence-electron chi connectivity index (χ2n) is 4.01. The van der Waals surface area contributed by atoms with Crippen molar-refractivity contribution in [2.24, 2.45) is 0 Å². The largest absolute Gasteiger partial charge is 0.324 e. The molecular weight excluding hydrogens is 220 g/mol. The van der Waals surface area contributed by atoms with Crippen molar-refractivity contribution in [1.29, 1.82) is 0 Å². The van der Waals surface area contributed by atoms with Gasteiger partial charge in [-0.05, 0) is 31.0 Å². The molecular formula is C12H16N2OS. The lowest BCUT2D eigenvalue weighted by molar-refractivity contribution is -0.117. The monoisotopic (exact) mass is 236 g/mol. The number of nitrogens with one attached hydrogen (secondary N) is 2. The SMILES string of the molecule is Cc1cccc(NC(=O)[C@@H]2CSCN2)c1C. The molecule has 86 valence electrons. The van der Waals surface area contributed by atoms with E-state index in [9.17, 15) is 4.79 Å². The summed E-state index contributed by atoms with van der Waals surface area (Å²) in [5.74, 6) is 1.79. The highest BCUT2D eigenvalue weighted by molar-refractivity contribution is 7.99. The summed E-state index contributed by atoms with van der Waals surface area (Å²) in [6.45, 7) is 4.08. The van der Waals surface area contributed by atoms with Crippen LogP contribution in [0.3, 0.4) is 0 Å². The number of hydrogen-bond donors (Lipinski definition) is 2. The molecule has 2 rings (SSSR count). The minimum absolute atomic E-state index is 0.0510. The van der Waals surface area contributed by atoms with Crippen LogP contribution in [-0.2, 0) is 4.79 Å². The van der Waals surface area contributed by atoms with Gasteiger partial charge in [0, 0.05) is 17.3 Å². The summed E-state index contributed by atoms with van der Waals surface area (Å²) < 4.78 is 0. The molecule has 0 saturated carbocycles. The van der Waals surface area contributed by atoms with Crippen LogP contribution in [-0.4, -0.2) is 23.6 Å². The maximum atomic E-state index is 11.9. The molecule has 1 atom stereocenters. The summed E-state index contributed by atoms with van der Waals surface area (Å²) in [6, 6.07) is 5.91. The van der Waals surface area contributed by atoms with E-state index < -0.39 is 0 Å². The molecule has 1 amide bonds. The molecule has 0 aliphatic carbocycles. The van der Waals surface area contributed by atoms with Crippen LogP contribution >= 0.6 is 11.8 Å². The summed E-state index contributed by atoms with van der Waals surface area (Å²) in [5.41, 5.74) is 3.26. The van der Waals surface area contributed by atoms with Gasteiger partial charge in [0.1, 0.15) is 0 Å². The highest BCUT2D eigenvalue weighted by atomic mass is 32.2. The van der Waals surface area contributed by atoms with Crippen LogP contribution in [0, 0.1) is 13.8 Å². The van der Waals surface area contributed by atoms with Gasteiger partial charge in [0.15, 0.2) is 0 Å². The maximum Gasteiger partial charge on any atom is 0.242 e. The molecule has 1 aliphatic rings. The Morgan fingerprint density at radius 1 is 1.50 bits per heavy atom. The lowest BCUT2D eigenvalue weighted by Crippen LogP contribution is -2.37. The minimum Gasteiger partial charge on any atom is -0.324 e. The van der Waals surface area contributed by atoms with E-state index in [0.29, 0.717) is 0 Å². The summed E-state index contributed by atoms with van der Waals surface area (Å²) in [7, 11) is 0. The molecule has 0 radical (unpaired) electrons. The highest BCUT2D eigenvalue weighted by Crippen LogP contribution is 2.19. The molecule has 1 aliphatic heterocycles. The topological polar surface area (TPSA) is 41.1 Å². The van der Waals surface area contributed by atoms with Crippen molar-refractivity contribution in [2.45, 2.75) is 19.9 Å². The zero-order valence-electron chi connectivity index (χ0n) is 9.54. The van der Waals surface area contributed by atoms with Crippen molar-refractivity contribution in [3.8, 4) is 0 Å². The van der Waals surface area contributed by atoms with Gasteiger partial charge in [-0.2, -0.15) is 0 Å². The van der Waals surface area contributed by atoms with Gasteiger partial charge in [-0.25, -0.2) is 0 Å². The zero-order chi connectivity index (χ0) is 11.5. The maximum absolute atomic E-state index is 11.9. The Balaban J connectivity index is 2.08. The van der Waals surface area contributed by atoms with E-state index >= 15 is 0 Å². The Morgan fingerprint density at radius 3 is 3.00 bits per heavy atom. The van der Waals surface area contributed by atoms with E-state index in [1.54, 1.807) is 11.8 Å². The van der Waals surface area contributed by atoms with Crippen LogP contribution in [0.25, 0.3) is 0 Å². The summed E-state index contributed by atoms with van der Waals surface area (Å²) >= 11 is 1.76. The molecule has 0 spiro atoms. The molecule has 3 nitrogen and oxygen atoms in total. The van der Waals surface area contributed by atoms with E-state index in [0.717, 1.165) is 22.9 Å². The normalized spacial score (nSPS) is 19.8. The van der Waals surface area contributed by atoms with Crippen LogP contribution in [0.15, 0.2) is 18.2 Å². The number of anilines is 1. The molecule has 1 aromatic rings. The molecule has 1 saturated heterocycles. The number of aryl methyl sites for hydroxylation is 1. The van der Waals surface area contributed by atoms with Gasteiger partial charge in [0.05, 0.1) is 6.04 Å². The first kappa shape index (κ1) is 11.5. The lowest BCUT2D eigenvalue weighted by atomic mass is 10.1. The van der Waals surface area contributed by atoms with E-state index in [-0.39, 0.29) is 11.9 Å². The van der Waals surface area contributed by atoms with Crippen LogP contribution in [0.5, 0.6) is 0 Å². The minimum atomic E-state index is -0.0510. The number of benzene rings is 1. The van der Waals surface area contributed by atoms with Crippen molar-refractivity contribution in [2.75, 3.05) is 16.9 Å². The molecule has 2 N–H and O–H groups in total. The Morgan fingerprint density at radius 2 is 2.31 bits per heavy atom. The van der Waals surface area contributed by atoms with Crippen molar-refractivity contribution in [1.82, 2.24) is 5.32 Å². The highest BCUT2D eigenvalue weighted by Gasteiger charge is 2.22. The van der Waals surface area contributed by atoms with Crippen LogP contribution < -0.4 is 10.6 Å². The fourth-order valence-corrected chi connectivity index (χ4v) is 2.61. The molecule has 1 aromatic carbocycles. The Bertz CT molecular complexity index is 400. The predicted octanol–water partition coefficient (Wildman–Crippen LogP) is 1.90. The third-order valence-corrected chi connectivity index (χ3v) is 3.84. The van der Waals surface area contributed by atoms with Crippen molar-refractivity contribution < 1.29 is 4.79 Å². The lowest BCUT2D eigenvalue weighted by Gasteiger charge is -2.13. The predicted molar refractivity (Wildman–Crippen MR) is 68.8 cm³/mol. The van der Waals surface area contributed by atoms with Gasteiger partial charge in [0.2, 0.25) is 5.91 Å². The van der Waals surface area contributed by atoms with Crippen molar-refractivity contribution in [3.63, 3.8) is 0 Å². The van der Waals surface area contributed by atoms with Gasteiger partial charge in [-0.3, -0.25) is 10.1 Å². The zero-order valence-corrected chi connectivity index (χ0v) is 10.4. The third kappa shape index (κ3) is 2.39. The average molecular weight is 236 g/mol. The summed E-state index contributed by atoms with van der Waals surface area (Å²) in [4.78, 5) is 11.9. The second-order valence-corrected chi connectivity index (χ2v) is 5.04. The fraction of sp³-hybridized carbons (Fsp3) is 0.417. The van der Waals surface area contributed by atoms with E-state index in [4.69, 9.17) is 0 Å². The van der Waals surface area contributed by atoms with Gasteiger partial charge >= 0.3 is 0 Å². The standard InChI is InChI=1S/C12H16N2OS/c1-8-4-3-5-10(9(8)2)14-12(15)11-6-16-7-13-11/h3-5,11,13H,6-7H2,1-2H3,(H,14,15)/t11-/m0/s1. The smallest absolute Gasteiger partial charge is 0.242 e. The fourth-order valence-electron chi connectivity index (χ4n) is 1.67. The first-order valence-corrected chi connectivity index (χ1v) is 6.52. The molecule has 0 unspecified atom stereocenters. The van der Waals surface area contributed by atoms with Gasteiger partial charge < -0.3 is 5.32 Å². The first-order valence-electron chi connectivity index (χ1n) is 5.36. The molecule has 1 heterocycles. The number of amides is 1. The molecule has 1 fully saturated rings. The molecule has 16 heavy (non-hydrogen) atoms. The Hall–Kier alpha value is -1.00. The van der Waals surface area contributed by atoms with Crippen LogP contribution in [0.2, 0.25) is 0 Å². The second kappa shape index (κ2) is 4.89. The summed E-state index contributed by atoms with van der Waals surface area (Å²) in [5, 5.41) is 6.14. The van der Waals surface area contributed by atoms with Gasteiger partial charge in [-0.1, -0.05) is 12.1 Å². The van der Waals surface area contributed by atoms with E-state index in [1.807, 2.05) is 19.1 Å². The number of carbonyl (C=O) groups excluding carboxylic acids is 1.